The lowest BCUT2D eigenvalue weighted by Gasteiger charge is -2.01. The zero-order valence-corrected chi connectivity index (χ0v) is 12.3. The summed E-state index contributed by atoms with van der Waals surface area (Å²) in [4.78, 5) is 5.18. The highest BCUT2D eigenvalue weighted by Crippen LogP contribution is 2.12. The molecule has 0 aliphatic carbocycles. The van der Waals surface area contributed by atoms with E-state index in [9.17, 15) is 0 Å². The average Bonchev–Trinajstić information content (AvgIpc) is 2.58. The van der Waals surface area contributed by atoms with Crippen LogP contribution in [-0.2, 0) is 11.4 Å². The Bertz CT molecular complexity index is 698. The smallest absolute Gasteiger partial charge is 0.143 e. The van der Waals surface area contributed by atoms with Gasteiger partial charge >= 0.3 is 0 Å². The summed E-state index contributed by atoms with van der Waals surface area (Å²) in [5, 5.41) is 12.8. The van der Waals surface area contributed by atoms with Crippen LogP contribution in [0, 0.1) is 11.3 Å². The van der Waals surface area contributed by atoms with Crippen LogP contribution in [0.4, 0.5) is 0 Å². The van der Waals surface area contributed by atoms with Crippen molar-refractivity contribution in [3.63, 3.8) is 0 Å². The topological polar surface area (TPSA) is 54.6 Å². The summed E-state index contributed by atoms with van der Waals surface area (Å²) in [5.74, 6) is 0.824. The highest BCUT2D eigenvalue weighted by molar-refractivity contribution is 5.77. The maximum Gasteiger partial charge on any atom is 0.143 e. The summed E-state index contributed by atoms with van der Waals surface area (Å²) in [6.45, 7) is 0.274. The molecule has 2 aromatic carbocycles. The third-order valence-electron chi connectivity index (χ3n) is 2.98. The Balaban J connectivity index is 1.83. The van der Waals surface area contributed by atoms with Crippen LogP contribution in [0.3, 0.4) is 0 Å². The molecule has 0 atom stereocenters. The molecule has 0 spiro atoms. The molecule has 110 valence electrons. The first-order valence-electron chi connectivity index (χ1n) is 6.77. The summed E-state index contributed by atoms with van der Waals surface area (Å²) in [7, 11) is 1.64. The Hall–Kier alpha value is -3.06. The maximum atomic E-state index is 8.96. The molecule has 0 saturated carbocycles. The Morgan fingerprint density at radius 1 is 1.14 bits per heavy atom. The molecule has 2 aromatic rings. The van der Waals surface area contributed by atoms with Crippen molar-refractivity contribution >= 4 is 12.3 Å². The van der Waals surface area contributed by atoms with Gasteiger partial charge in [0, 0.05) is 5.56 Å². The fourth-order valence-electron chi connectivity index (χ4n) is 1.81. The standard InChI is InChI=1S/C18H16N2O2/c1-21-18-10-8-15(9-11-18)5-4-12-20-22-14-17-7-3-2-6-16(17)13-19/h2-12H,14H2,1H3/b5-4+,20-12-. The lowest BCUT2D eigenvalue weighted by molar-refractivity contribution is 0.132. The van der Waals surface area contributed by atoms with E-state index in [1.165, 1.54) is 0 Å². The highest BCUT2D eigenvalue weighted by Gasteiger charge is 1.99. The first-order chi connectivity index (χ1) is 10.8. The molecule has 0 fully saturated rings. The number of ether oxygens (including phenoxy) is 1. The van der Waals surface area contributed by atoms with E-state index in [1.54, 1.807) is 25.5 Å². The van der Waals surface area contributed by atoms with Crippen LogP contribution in [0.1, 0.15) is 16.7 Å². The fraction of sp³-hybridized carbons (Fsp3) is 0.111. The quantitative estimate of drug-likeness (QED) is 0.601. The van der Waals surface area contributed by atoms with E-state index in [-0.39, 0.29) is 6.61 Å². The molecule has 4 heteroatoms. The zero-order chi connectivity index (χ0) is 15.6. The van der Waals surface area contributed by atoms with E-state index in [4.69, 9.17) is 14.8 Å². The first-order valence-corrected chi connectivity index (χ1v) is 6.77. The molecule has 0 N–H and O–H groups in total. The number of hydrogen-bond acceptors (Lipinski definition) is 4. The van der Waals surface area contributed by atoms with Crippen molar-refractivity contribution in [2.45, 2.75) is 6.61 Å². The number of allylic oxidation sites excluding steroid dienone is 1. The van der Waals surface area contributed by atoms with Crippen molar-refractivity contribution in [1.29, 1.82) is 5.26 Å². The second-order valence-electron chi connectivity index (χ2n) is 4.43. The van der Waals surface area contributed by atoms with Crippen LogP contribution < -0.4 is 4.74 Å². The van der Waals surface area contributed by atoms with Gasteiger partial charge in [0.1, 0.15) is 12.4 Å². The van der Waals surface area contributed by atoms with Crippen LogP contribution in [-0.4, -0.2) is 13.3 Å². The van der Waals surface area contributed by atoms with E-state index < -0.39 is 0 Å². The van der Waals surface area contributed by atoms with E-state index >= 15 is 0 Å². The number of benzene rings is 2. The highest BCUT2D eigenvalue weighted by atomic mass is 16.6. The van der Waals surface area contributed by atoms with Gasteiger partial charge in [-0.15, -0.1) is 0 Å². The normalized spacial score (nSPS) is 10.7. The fourth-order valence-corrected chi connectivity index (χ4v) is 1.81. The van der Waals surface area contributed by atoms with Gasteiger partial charge in [0.25, 0.3) is 0 Å². The van der Waals surface area contributed by atoms with Gasteiger partial charge in [0.15, 0.2) is 0 Å². The molecule has 0 radical (unpaired) electrons. The summed E-state index contributed by atoms with van der Waals surface area (Å²) in [6, 6.07) is 17.1. The molecule has 0 aliphatic rings. The number of hydrogen-bond donors (Lipinski definition) is 0. The molecule has 4 nitrogen and oxygen atoms in total. The summed E-state index contributed by atoms with van der Waals surface area (Å²) in [5.41, 5.74) is 2.47. The molecule has 0 aliphatic heterocycles. The van der Waals surface area contributed by atoms with Crippen LogP contribution in [0.2, 0.25) is 0 Å². The molecule has 0 unspecified atom stereocenters. The van der Waals surface area contributed by atoms with Crippen LogP contribution in [0.5, 0.6) is 5.75 Å². The molecule has 0 amide bonds. The second-order valence-corrected chi connectivity index (χ2v) is 4.43. The van der Waals surface area contributed by atoms with Crippen molar-refractivity contribution < 1.29 is 9.57 Å². The van der Waals surface area contributed by atoms with Gasteiger partial charge in [-0.1, -0.05) is 41.6 Å². The van der Waals surface area contributed by atoms with Gasteiger partial charge in [0.05, 0.1) is 25.0 Å². The van der Waals surface area contributed by atoms with Gasteiger partial charge in [-0.05, 0) is 29.8 Å². The summed E-state index contributed by atoms with van der Waals surface area (Å²) in [6.07, 6.45) is 5.27. The third-order valence-corrected chi connectivity index (χ3v) is 2.98. The van der Waals surface area contributed by atoms with E-state index in [0.717, 1.165) is 16.9 Å². The maximum absolute atomic E-state index is 8.96. The minimum absolute atomic E-state index is 0.274. The summed E-state index contributed by atoms with van der Waals surface area (Å²) >= 11 is 0. The Kier molecular flexibility index (Phi) is 5.77. The third kappa shape index (κ3) is 4.50. The summed E-state index contributed by atoms with van der Waals surface area (Å²) < 4.78 is 5.09. The van der Waals surface area contributed by atoms with E-state index in [0.29, 0.717) is 5.56 Å². The number of nitrogens with zero attached hydrogens (tertiary/aromatic N) is 2. The Labute approximate surface area is 129 Å². The number of nitriles is 1. The van der Waals surface area contributed by atoms with Gasteiger partial charge in [-0.25, -0.2) is 0 Å². The first kappa shape index (κ1) is 15.3. The Morgan fingerprint density at radius 2 is 1.91 bits per heavy atom. The van der Waals surface area contributed by atoms with E-state index in [1.807, 2.05) is 48.5 Å². The molecule has 0 heterocycles. The average molecular weight is 292 g/mol. The number of oxime groups is 1. The van der Waals surface area contributed by atoms with Crippen molar-refractivity contribution in [3.05, 3.63) is 71.3 Å². The largest absolute Gasteiger partial charge is 0.497 e. The van der Waals surface area contributed by atoms with Crippen LogP contribution >= 0.6 is 0 Å². The van der Waals surface area contributed by atoms with Gasteiger partial charge in [-0.2, -0.15) is 5.26 Å². The second kappa shape index (κ2) is 8.28. The van der Waals surface area contributed by atoms with Crippen molar-refractivity contribution in [2.75, 3.05) is 7.11 Å². The molecule has 0 aromatic heterocycles. The van der Waals surface area contributed by atoms with Crippen molar-refractivity contribution in [2.24, 2.45) is 5.16 Å². The molecule has 0 bridgehead atoms. The molecule has 0 saturated heterocycles. The molecular formula is C18H16N2O2. The molecular weight excluding hydrogens is 276 g/mol. The molecule has 2 rings (SSSR count). The number of rotatable bonds is 6. The molecule has 22 heavy (non-hydrogen) atoms. The zero-order valence-electron chi connectivity index (χ0n) is 12.3. The SMILES string of the molecule is COc1ccc(/C=C/C=N\OCc2ccccc2C#N)cc1. The van der Waals surface area contributed by atoms with Crippen molar-refractivity contribution in [1.82, 2.24) is 0 Å². The lowest BCUT2D eigenvalue weighted by atomic mass is 10.1. The predicted molar refractivity (Wildman–Crippen MR) is 86.5 cm³/mol. The number of methoxy groups -OCH3 is 1. The minimum atomic E-state index is 0.274. The van der Waals surface area contributed by atoms with Crippen molar-refractivity contribution in [3.8, 4) is 11.8 Å². The van der Waals surface area contributed by atoms with E-state index in [2.05, 4.69) is 11.2 Å². The van der Waals surface area contributed by atoms with Gasteiger partial charge < -0.3 is 9.57 Å². The van der Waals surface area contributed by atoms with Crippen LogP contribution in [0.15, 0.2) is 59.8 Å². The Morgan fingerprint density at radius 3 is 2.64 bits per heavy atom. The predicted octanol–water partition coefficient (Wildman–Crippen LogP) is 3.78. The monoisotopic (exact) mass is 292 g/mol. The van der Waals surface area contributed by atoms with Crippen LogP contribution in [0.25, 0.3) is 6.08 Å². The minimum Gasteiger partial charge on any atom is -0.497 e. The lowest BCUT2D eigenvalue weighted by Crippen LogP contribution is -1.91. The van der Waals surface area contributed by atoms with Gasteiger partial charge in [0.2, 0.25) is 0 Å². The van der Waals surface area contributed by atoms with Gasteiger partial charge in [-0.3, -0.25) is 0 Å².